The van der Waals surface area contributed by atoms with Crippen LogP contribution < -0.4 is 10.1 Å². The minimum absolute atomic E-state index is 0.149. The van der Waals surface area contributed by atoms with Crippen LogP contribution in [-0.4, -0.2) is 36.8 Å². The Balaban J connectivity index is 1.36. The molecule has 4 atom stereocenters. The van der Waals surface area contributed by atoms with Gasteiger partial charge in [-0.25, -0.2) is 0 Å². The number of hydrogen-bond donors (Lipinski definition) is 3. The van der Waals surface area contributed by atoms with Gasteiger partial charge in [-0.2, -0.15) is 4.98 Å². The first-order valence-electron chi connectivity index (χ1n) is 12.9. The third-order valence-electron chi connectivity index (χ3n) is 8.34. The van der Waals surface area contributed by atoms with Crippen molar-refractivity contribution in [3.8, 4) is 5.75 Å². The molecule has 0 saturated heterocycles. The molecule has 1 fully saturated rings. The van der Waals surface area contributed by atoms with E-state index < -0.39 is 11.2 Å². The average molecular weight is 507 g/mol. The molecule has 1 amide bonds. The Kier molecular flexibility index (Phi) is 6.53. The van der Waals surface area contributed by atoms with E-state index in [9.17, 15) is 15.0 Å². The lowest BCUT2D eigenvalue weighted by atomic mass is 9.49. The number of benzene rings is 1. The molecule has 1 aromatic carbocycles. The molecule has 9 nitrogen and oxygen atoms in total. The van der Waals surface area contributed by atoms with Crippen LogP contribution in [-0.2, 0) is 35.4 Å². The van der Waals surface area contributed by atoms with E-state index in [2.05, 4.69) is 39.5 Å². The van der Waals surface area contributed by atoms with Gasteiger partial charge in [-0.15, -0.1) is 0 Å². The van der Waals surface area contributed by atoms with E-state index in [0.717, 1.165) is 19.3 Å². The number of aryl methyl sites for hydroxylation is 1. The van der Waals surface area contributed by atoms with Crippen molar-refractivity contribution in [1.29, 1.82) is 0 Å². The van der Waals surface area contributed by atoms with Crippen LogP contribution in [0.25, 0.3) is 0 Å². The van der Waals surface area contributed by atoms with Gasteiger partial charge >= 0.3 is 0 Å². The third kappa shape index (κ3) is 4.51. The van der Waals surface area contributed by atoms with Crippen LogP contribution >= 0.6 is 0 Å². The summed E-state index contributed by atoms with van der Waals surface area (Å²) in [5.74, 6) is 1.48. The van der Waals surface area contributed by atoms with Gasteiger partial charge in [0.2, 0.25) is 17.6 Å². The number of carbonyl (C=O) groups excluding carboxylic acids is 1. The van der Waals surface area contributed by atoms with Crippen molar-refractivity contribution >= 4 is 5.91 Å². The standard InChI is InChI=1S/C28H34N4O5/c1-4-27-17-26(3,34)28(35,23-7-5-6-12-29-23)14-20(27)9-8-19-13-21(10-11-22(19)27)36-16-24-31-25(37-32-24)15-30-18(2)33/h5-7,10-13,20,34-35H,4,8-9,14-17H2,1-3H3,(H,30,33)/t20-,26-,27-,28-/m1/s1. The zero-order valence-corrected chi connectivity index (χ0v) is 21.5. The van der Waals surface area contributed by atoms with Gasteiger partial charge in [-0.3, -0.25) is 9.78 Å². The highest BCUT2D eigenvalue weighted by molar-refractivity contribution is 5.72. The van der Waals surface area contributed by atoms with Gasteiger partial charge in [0.05, 0.1) is 17.8 Å². The quantitative estimate of drug-likeness (QED) is 0.445. The lowest BCUT2D eigenvalue weighted by Crippen LogP contribution is -2.62. The van der Waals surface area contributed by atoms with Crippen molar-refractivity contribution < 1.29 is 24.3 Å². The lowest BCUT2D eigenvalue weighted by Gasteiger charge is -2.58. The van der Waals surface area contributed by atoms with Crippen molar-refractivity contribution in [2.24, 2.45) is 5.92 Å². The van der Waals surface area contributed by atoms with Gasteiger partial charge < -0.3 is 24.8 Å². The summed E-state index contributed by atoms with van der Waals surface area (Å²) in [5, 5.41) is 30.0. The molecule has 2 aromatic heterocycles. The number of rotatable bonds is 7. The highest BCUT2D eigenvalue weighted by Gasteiger charge is 2.61. The molecule has 3 aromatic rings. The molecule has 2 aliphatic carbocycles. The molecule has 5 rings (SSSR count). The van der Waals surface area contributed by atoms with Crippen LogP contribution in [0.4, 0.5) is 0 Å². The zero-order chi connectivity index (χ0) is 26.3. The molecular weight excluding hydrogens is 472 g/mol. The number of fused-ring (bicyclic) bond motifs is 3. The maximum Gasteiger partial charge on any atom is 0.246 e. The largest absolute Gasteiger partial charge is 0.485 e. The SMILES string of the molecule is CC[C@@]12C[C@@](C)(O)[C@](O)(c3ccccn3)C[C@H]1CCc1cc(OCc3noc(CNC(C)=O)n3)ccc12. The van der Waals surface area contributed by atoms with E-state index in [0.29, 0.717) is 36.0 Å². The van der Waals surface area contributed by atoms with Crippen LogP contribution in [0.2, 0.25) is 0 Å². The number of ether oxygens (including phenoxy) is 1. The number of aliphatic hydroxyl groups is 2. The second-order valence-electron chi connectivity index (χ2n) is 10.6. The molecule has 0 spiro atoms. The molecule has 2 aliphatic rings. The maximum absolute atomic E-state index is 11.8. The van der Waals surface area contributed by atoms with Gasteiger partial charge in [-0.1, -0.05) is 24.2 Å². The van der Waals surface area contributed by atoms with Gasteiger partial charge in [0, 0.05) is 18.5 Å². The van der Waals surface area contributed by atoms with Gasteiger partial charge in [0.1, 0.15) is 11.4 Å². The number of carbonyl (C=O) groups is 1. The molecule has 0 radical (unpaired) electrons. The third-order valence-corrected chi connectivity index (χ3v) is 8.34. The summed E-state index contributed by atoms with van der Waals surface area (Å²) in [4.78, 5) is 19.7. The monoisotopic (exact) mass is 506 g/mol. The fourth-order valence-electron chi connectivity index (χ4n) is 6.41. The Morgan fingerprint density at radius 2 is 2.11 bits per heavy atom. The zero-order valence-electron chi connectivity index (χ0n) is 21.5. The molecule has 196 valence electrons. The van der Waals surface area contributed by atoms with Crippen molar-refractivity contribution in [3.63, 3.8) is 0 Å². The Labute approximate surface area is 216 Å². The van der Waals surface area contributed by atoms with Crippen LogP contribution in [0.3, 0.4) is 0 Å². The smallest absolute Gasteiger partial charge is 0.246 e. The minimum Gasteiger partial charge on any atom is -0.485 e. The summed E-state index contributed by atoms with van der Waals surface area (Å²) < 4.78 is 11.1. The fourth-order valence-corrected chi connectivity index (χ4v) is 6.41. The minimum atomic E-state index is -1.40. The summed E-state index contributed by atoms with van der Waals surface area (Å²) in [5.41, 5.74) is -0.0375. The molecule has 1 saturated carbocycles. The van der Waals surface area contributed by atoms with E-state index in [1.807, 2.05) is 18.2 Å². The van der Waals surface area contributed by atoms with Crippen LogP contribution in [0.15, 0.2) is 47.1 Å². The Morgan fingerprint density at radius 3 is 2.84 bits per heavy atom. The van der Waals surface area contributed by atoms with Crippen LogP contribution in [0.5, 0.6) is 5.75 Å². The topological polar surface area (TPSA) is 131 Å². The van der Waals surface area contributed by atoms with Crippen molar-refractivity contribution in [3.05, 3.63) is 71.1 Å². The van der Waals surface area contributed by atoms with Crippen LogP contribution in [0, 0.1) is 5.92 Å². The van der Waals surface area contributed by atoms with Crippen molar-refractivity contribution in [2.75, 3.05) is 0 Å². The van der Waals surface area contributed by atoms with Crippen molar-refractivity contribution in [2.45, 2.75) is 82.6 Å². The number of aromatic nitrogens is 3. The molecule has 0 bridgehead atoms. The second-order valence-corrected chi connectivity index (χ2v) is 10.6. The Bertz CT molecular complexity index is 1280. The molecular formula is C28H34N4O5. The molecule has 3 N–H and O–H groups in total. The van der Waals surface area contributed by atoms with Gasteiger partial charge in [0.15, 0.2) is 6.61 Å². The second kappa shape index (κ2) is 9.54. The van der Waals surface area contributed by atoms with Crippen LogP contribution in [0.1, 0.15) is 75.0 Å². The summed E-state index contributed by atoms with van der Waals surface area (Å²) >= 11 is 0. The van der Waals surface area contributed by atoms with Crippen molar-refractivity contribution in [1.82, 2.24) is 20.4 Å². The highest BCUT2D eigenvalue weighted by atomic mass is 16.5. The first-order chi connectivity index (χ1) is 17.7. The summed E-state index contributed by atoms with van der Waals surface area (Å²) in [6.45, 7) is 5.67. The van der Waals surface area contributed by atoms with Gasteiger partial charge in [-0.05, 0) is 80.3 Å². The first-order valence-corrected chi connectivity index (χ1v) is 12.9. The first kappa shape index (κ1) is 25.4. The molecule has 0 unspecified atom stereocenters. The average Bonchev–Trinajstić information content (AvgIpc) is 3.35. The number of nitrogens with one attached hydrogen (secondary N) is 1. The fraction of sp³-hybridized carbons (Fsp3) is 0.500. The Hall–Kier alpha value is -3.30. The summed E-state index contributed by atoms with van der Waals surface area (Å²) in [6.07, 6.45) is 5.21. The summed E-state index contributed by atoms with van der Waals surface area (Å²) in [7, 11) is 0. The molecule has 37 heavy (non-hydrogen) atoms. The maximum atomic E-state index is 11.8. The Morgan fingerprint density at radius 1 is 1.27 bits per heavy atom. The van der Waals surface area contributed by atoms with Gasteiger partial charge in [0.25, 0.3) is 0 Å². The highest BCUT2D eigenvalue weighted by Crippen LogP contribution is 2.59. The predicted molar refractivity (Wildman–Crippen MR) is 134 cm³/mol. The van der Waals surface area contributed by atoms with E-state index in [1.54, 1.807) is 19.2 Å². The summed E-state index contributed by atoms with van der Waals surface area (Å²) in [6, 6.07) is 11.6. The van der Waals surface area contributed by atoms with E-state index in [1.165, 1.54) is 18.1 Å². The van der Waals surface area contributed by atoms with E-state index in [4.69, 9.17) is 9.26 Å². The lowest BCUT2D eigenvalue weighted by molar-refractivity contribution is -0.207. The molecule has 2 heterocycles. The number of hydrogen-bond acceptors (Lipinski definition) is 8. The molecule has 9 heteroatoms. The number of pyridine rings is 1. The van der Waals surface area contributed by atoms with E-state index >= 15 is 0 Å². The number of amides is 1. The number of nitrogens with zero attached hydrogens (tertiary/aromatic N) is 3. The predicted octanol–water partition coefficient (Wildman–Crippen LogP) is 3.32. The normalized spacial score (nSPS) is 28.7. The van der Waals surface area contributed by atoms with E-state index in [-0.39, 0.29) is 30.4 Å². The molecule has 0 aliphatic heterocycles.